The molecule has 2 amide bonds. The number of carbonyl (C=O) groups excluding carboxylic acids is 2. The number of hydrogen-bond donors (Lipinski definition) is 2. The van der Waals surface area contributed by atoms with Crippen LogP contribution in [0.2, 0.25) is 0 Å². The van der Waals surface area contributed by atoms with Gasteiger partial charge in [-0.05, 0) is 31.2 Å². The van der Waals surface area contributed by atoms with Crippen LogP contribution in [0.25, 0.3) is 0 Å². The molecule has 1 aliphatic heterocycles. The second kappa shape index (κ2) is 6.31. The SMILES string of the molecule is COc1ccc(NC(=O)C2(C)Oc3cccnc3NC2=O)c(OC)c1. The van der Waals surface area contributed by atoms with Crippen LogP contribution in [-0.4, -0.2) is 36.6 Å². The molecule has 0 aliphatic carbocycles. The van der Waals surface area contributed by atoms with Crippen molar-refractivity contribution in [3.63, 3.8) is 0 Å². The van der Waals surface area contributed by atoms with E-state index in [1.807, 2.05) is 0 Å². The van der Waals surface area contributed by atoms with E-state index in [4.69, 9.17) is 14.2 Å². The number of amides is 2. The predicted octanol–water partition coefficient (Wildman–Crippen LogP) is 1.83. The van der Waals surface area contributed by atoms with Gasteiger partial charge in [0.1, 0.15) is 11.5 Å². The van der Waals surface area contributed by atoms with Crippen LogP contribution in [0.15, 0.2) is 36.5 Å². The zero-order valence-corrected chi connectivity index (χ0v) is 14.0. The maximum Gasteiger partial charge on any atom is 0.279 e. The monoisotopic (exact) mass is 343 g/mol. The van der Waals surface area contributed by atoms with Crippen LogP contribution in [0, 0.1) is 0 Å². The van der Waals surface area contributed by atoms with E-state index in [0.29, 0.717) is 22.9 Å². The van der Waals surface area contributed by atoms with Gasteiger partial charge in [-0.25, -0.2) is 4.98 Å². The van der Waals surface area contributed by atoms with Crippen LogP contribution < -0.4 is 24.8 Å². The van der Waals surface area contributed by atoms with Gasteiger partial charge in [0.25, 0.3) is 17.4 Å². The molecule has 2 heterocycles. The molecule has 0 spiro atoms. The molecule has 1 aromatic carbocycles. The molecular weight excluding hydrogens is 326 g/mol. The Morgan fingerprint density at radius 3 is 2.80 bits per heavy atom. The summed E-state index contributed by atoms with van der Waals surface area (Å²) in [6, 6.07) is 8.19. The fourth-order valence-electron chi connectivity index (χ4n) is 2.35. The van der Waals surface area contributed by atoms with Gasteiger partial charge in [-0.2, -0.15) is 0 Å². The van der Waals surface area contributed by atoms with Gasteiger partial charge in [0.05, 0.1) is 19.9 Å². The Morgan fingerprint density at radius 2 is 2.08 bits per heavy atom. The van der Waals surface area contributed by atoms with E-state index in [2.05, 4.69) is 15.6 Å². The summed E-state index contributed by atoms with van der Waals surface area (Å²) in [5.74, 6) is 0.329. The first-order valence-corrected chi connectivity index (χ1v) is 7.47. The van der Waals surface area contributed by atoms with E-state index in [1.54, 1.807) is 30.3 Å². The zero-order chi connectivity index (χ0) is 18.0. The summed E-state index contributed by atoms with van der Waals surface area (Å²) in [7, 11) is 3.00. The third kappa shape index (κ3) is 2.93. The lowest BCUT2D eigenvalue weighted by Gasteiger charge is -2.32. The minimum absolute atomic E-state index is 0.278. The molecule has 1 unspecified atom stereocenters. The van der Waals surface area contributed by atoms with Crippen LogP contribution in [-0.2, 0) is 9.59 Å². The van der Waals surface area contributed by atoms with Crippen molar-refractivity contribution >= 4 is 23.3 Å². The van der Waals surface area contributed by atoms with Crippen molar-refractivity contribution in [2.24, 2.45) is 0 Å². The maximum absolute atomic E-state index is 12.7. The normalized spacial score (nSPS) is 18.4. The Hall–Kier alpha value is -3.29. The van der Waals surface area contributed by atoms with E-state index >= 15 is 0 Å². The molecule has 130 valence electrons. The largest absolute Gasteiger partial charge is 0.497 e. The number of rotatable bonds is 4. The number of pyridine rings is 1. The van der Waals surface area contributed by atoms with E-state index in [9.17, 15) is 9.59 Å². The molecule has 0 saturated heterocycles. The number of hydrogen-bond acceptors (Lipinski definition) is 6. The zero-order valence-electron chi connectivity index (χ0n) is 14.0. The van der Waals surface area contributed by atoms with E-state index < -0.39 is 17.4 Å². The van der Waals surface area contributed by atoms with Gasteiger partial charge in [-0.3, -0.25) is 9.59 Å². The molecule has 0 bridgehead atoms. The molecule has 1 aliphatic rings. The first kappa shape index (κ1) is 16.6. The van der Waals surface area contributed by atoms with Crippen LogP contribution >= 0.6 is 0 Å². The summed E-state index contributed by atoms with van der Waals surface area (Å²) in [5, 5.41) is 5.24. The number of aromatic nitrogens is 1. The highest BCUT2D eigenvalue weighted by Crippen LogP contribution is 2.34. The van der Waals surface area contributed by atoms with Gasteiger partial charge in [-0.15, -0.1) is 0 Å². The minimum Gasteiger partial charge on any atom is -0.497 e. The van der Waals surface area contributed by atoms with Crippen LogP contribution in [0.1, 0.15) is 6.92 Å². The second-order valence-electron chi connectivity index (χ2n) is 5.46. The molecule has 0 fully saturated rings. The lowest BCUT2D eigenvalue weighted by molar-refractivity contribution is -0.143. The van der Waals surface area contributed by atoms with Crippen LogP contribution in [0.5, 0.6) is 17.2 Å². The molecular formula is C17H17N3O5. The Balaban J connectivity index is 1.87. The topological polar surface area (TPSA) is 98.8 Å². The number of nitrogens with one attached hydrogen (secondary N) is 2. The number of anilines is 2. The van der Waals surface area contributed by atoms with Crippen molar-refractivity contribution in [2.75, 3.05) is 24.9 Å². The quantitative estimate of drug-likeness (QED) is 0.822. The first-order valence-electron chi connectivity index (χ1n) is 7.47. The molecule has 8 heteroatoms. The third-order valence-electron chi connectivity index (χ3n) is 3.84. The minimum atomic E-state index is -1.75. The molecule has 8 nitrogen and oxygen atoms in total. The number of nitrogens with zero attached hydrogens (tertiary/aromatic N) is 1. The van der Waals surface area contributed by atoms with Crippen molar-refractivity contribution in [2.45, 2.75) is 12.5 Å². The van der Waals surface area contributed by atoms with Gasteiger partial charge in [0.2, 0.25) is 0 Å². The Labute approximate surface area is 144 Å². The number of methoxy groups -OCH3 is 2. The number of carbonyl (C=O) groups is 2. The molecule has 2 N–H and O–H groups in total. The van der Waals surface area contributed by atoms with Gasteiger partial charge >= 0.3 is 0 Å². The van der Waals surface area contributed by atoms with Crippen LogP contribution in [0.3, 0.4) is 0 Å². The van der Waals surface area contributed by atoms with E-state index in [-0.39, 0.29) is 5.82 Å². The first-order chi connectivity index (χ1) is 12.0. The van der Waals surface area contributed by atoms with Crippen LogP contribution in [0.4, 0.5) is 11.5 Å². The molecule has 0 radical (unpaired) electrons. The highest BCUT2D eigenvalue weighted by Gasteiger charge is 2.47. The van der Waals surface area contributed by atoms with Crippen molar-refractivity contribution < 1.29 is 23.8 Å². The summed E-state index contributed by atoms with van der Waals surface area (Å²) in [6.45, 7) is 1.39. The molecule has 1 atom stereocenters. The maximum atomic E-state index is 12.7. The summed E-state index contributed by atoms with van der Waals surface area (Å²) < 4.78 is 16.0. The van der Waals surface area contributed by atoms with E-state index in [1.165, 1.54) is 27.3 Å². The standard InChI is InChI=1S/C17H17N3O5/c1-17(16(22)20-14-12(25-17)5-4-8-18-14)15(21)19-11-7-6-10(23-2)9-13(11)24-3/h4-9H,1-3H3,(H,19,21)(H,18,20,22). The number of fused-ring (bicyclic) bond motifs is 1. The van der Waals surface area contributed by atoms with Gasteiger partial charge < -0.3 is 24.8 Å². The lowest BCUT2D eigenvalue weighted by Crippen LogP contribution is -2.56. The third-order valence-corrected chi connectivity index (χ3v) is 3.84. The van der Waals surface area contributed by atoms with Crippen molar-refractivity contribution in [1.82, 2.24) is 4.98 Å². The van der Waals surface area contributed by atoms with Gasteiger partial charge in [-0.1, -0.05) is 0 Å². The Bertz CT molecular complexity index is 839. The van der Waals surface area contributed by atoms with Crippen molar-refractivity contribution in [3.8, 4) is 17.2 Å². The van der Waals surface area contributed by atoms with Gasteiger partial charge in [0, 0.05) is 12.3 Å². The fraction of sp³-hybridized carbons (Fsp3) is 0.235. The van der Waals surface area contributed by atoms with Crippen molar-refractivity contribution in [1.29, 1.82) is 0 Å². The number of benzene rings is 1. The molecule has 3 rings (SSSR count). The average Bonchev–Trinajstić information content (AvgIpc) is 2.62. The molecule has 2 aromatic rings. The summed E-state index contributed by atoms with van der Waals surface area (Å²) in [4.78, 5) is 29.1. The lowest BCUT2D eigenvalue weighted by atomic mass is 10.0. The van der Waals surface area contributed by atoms with Crippen molar-refractivity contribution in [3.05, 3.63) is 36.5 Å². The fourth-order valence-corrected chi connectivity index (χ4v) is 2.35. The highest BCUT2D eigenvalue weighted by atomic mass is 16.5. The Morgan fingerprint density at radius 1 is 1.28 bits per heavy atom. The van der Waals surface area contributed by atoms with Gasteiger partial charge in [0.15, 0.2) is 11.6 Å². The predicted molar refractivity (Wildman–Crippen MR) is 90.1 cm³/mol. The Kier molecular flexibility index (Phi) is 4.18. The highest BCUT2D eigenvalue weighted by molar-refractivity contribution is 6.18. The average molecular weight is 343 g/mol. The molecule has 25 heavy (non-hydrogen) atoms. The summed E-state index contributed by atoms with van der Waals surface area (Å²) in [5.41, 5.74) is -1.36. The smallest absolute Gasteiger partial charge is 0.279 e. The molecule has 0 saturated carbocycles. The van der Waals surface area contributed by atoms with E-state index in [0.717, 1.165) is 0 Å². The second-order valence-corrected chi connectivity index (χ2v) is 5.46. The summed E-state index contributed by atoms with van der Waals surface area (Å²) in [6.07, 6.45) is 1.52. The molecule has 1 aromatic heterocycles. The summed E-state index contributed by atoms with van der Waals surface area (Å²) >= 11 is 0. The number of ether oxygens (including phenoxy) is 3.